The lowest BCUT2D eigenvalue weighted by Gasteiger charge is -2.06. The number of benzene rings is 2. The van der Waals surface area contributed by atoms with Crippen molar-refractivity contribution in [3.63, 3.8) is 0 Å². The molecule has 1 aliphatic heterocycles. The fraction of sp³-hybridized carbons (Fsp3) is 0.214. The van der Waals surface area contributed by atoms with E-state index in [1.165, 1.54) is 0 Å². The molecule has 1 N–H and O–H groups in total. The summed E-state index contributed by atoms with van der Waals surface area (Å²) in [5.74, 6) is 0.0293. The van der Waals surface area contributed by atoms with Crippen LogP contribution in [0, 0.1) is 0 Å². The largest absolute Gasteiger partial charge is 0.493 e. The van der Waals surface area contributed by atoms with Crippen molar-refractivity contribution in [2.75, 3.05) is 6.61 Å². The SMILES string of the molecule is O=C(O)C[C@H]1COc2cc3ccccc3cc21. The predicted octanol–water partition coefficient (Wildman–Crippen LogP) is 2.79. The second-order valence-corrected chi connectivity index (χ2v) is 4.34. The summed E-state index contributed by atoms with van der Waals surface area (Å²) >= 11 is 0. The van der Waals surface area contributed by atoms with Crippen LogP contribution in [0.1, 0.15) is 17.9 Å². The third-order valence-corrected chi connectivity index (χ3v) is 3.18. The van der Waals surface area contributed by atoms with Crippen LogP contribution in [-0.4, -0.2) is 17.7 Å². The van der Waals surface area contributed by atoms with Crippen molar-refractivity contribution in [1.29, 1.82) is 0 Å². The van der Waals surface area contributed by atoms with Crippen LogP contribution in [0.3, 0.4) is 0 Å². The van der Waals surface area contributed by atoms with Gasteiger partial charge in [0, 0.05) is 11.5 Å². The molecule has 1 atom stereocenters. The molecule has 0 amide bonds. The van der Waals surface area contributed by atoms with Gasteiger partial charge in [-0.15, -0.1) is 0 Å². The first kappa shape index (κ1) is 10.1. The Hall–Kier alpha value is -2.03. The number of hydrogen-bond donors (Lipinski definition) is 1. The van der Waals surface area contributed by atoms with E-state index in [1.54, 1.807) is 0 Å². The van der Waals surface area contributed by atoms with E-state index in [9.17, 15) is 4.79 Å². The molecular weight excluding hydrogens is 216 g/mol. The molecule has 3 nitrogen and oxygen atoms in total. The molecule has 3 heteroatoms. The zero-order chi connectivity index (χ0) is 11.8. The molecule has 1 heterocycles. The van der Waals surface area contributed by atoms with E-state index < -0.39 is 5.97 Å². The first-order valence-electron chi connectivity index (χ1n) is 5.61. The van der Waals surface area contributed by atoms with E-state index >= 15 is 0 Å². The monoisotopic (exact) mass is 228 g/mol. The lowest BCUT2D eigenvalue weighted by Crippen LogP contribution is -2.07. The van der Waals surface area contributed by atoms with Crippen LogP contribution < -0.4 is 4.74 Å². The van der Waals surface area contributed by atoms with Crippen LogP contribution in [0.15, 0.2) is 36.4 Å². The first-order chi connectivity index (χ1) is 8.24. The Kier molecular flexibility index (Phi) is 2.25. The molecule has 2 aromatic carbocycles. The standard InChI is InChI=1S/C14H12O3/c15-14(16)7-11-8-17-13-6-10-4-2-1-3-9(10)5-12(11)13/h1-6,11H,7-8H2,(H,15,16)/t11-/m0/s1. The Morgan fingerprint density at radius 1 is 1.29 bits per heavy atom. The molecule has 0 fully saturated rings. The van der Waals surface area contributed by atoms with Gasteiger partial charge in [-0.1, -0.05) is 24.3 Å². The number of hydrogen-bond acceptors (Lipinski definition) is 2. The van der Waals surface area contributed by atoms with E-state index in [1.807, 2.05) is 36.4 Å². The van der Waals surface area contributed by atoms with Crippen molar-refractivity contribution in [3.05, 3.63) is 42.0 Å². The minimum atomic E-state index is -0.778. The van der Waals surface area contributed by atoms with Gasteiger partial charge in [-0.3, -0.25) is 4.79 Å². The zero-order valence-corrected chi connectivity index (χ0v) is 9.22. The van der Waals surface area contributed by atoms with Crippen molar-refractivity contribution in [3.8, 4) is 5.75 Å². The maximum Gasteiger partial charge on any atom is 0.304 e. The first-order valence-corrected chi connectivity index (χ1v) is 5.61. The average Bonchev–Trinajstić information content (AvgIpc) is 2.68. The number of rotatable bonds is 2. The van der Waals surface area contributed by atoms with Gasteiger partial charge in [0.15, 0.2) is 0 Å². The van der Waals surface area contributed by atoms with Gasteiger partial charge in [0.2, 0.25) is 0 Å². The van der Waals surface area contributed by atoms with Crippen LogP contribution in [0.5, 0.6) is 5.75 Å². The Bertz CT molecular complexity index is 589. The highest BCUT2D eigenvalue weighted by Gasteiger charge is 2.26. The molecule has 0 radical (unpaired) electrons. The van der Waals surface area contributed by atoms with Gasteiger partial charge in [0.05, 0.1) is 13.0 Å². The normalized spacial score (nSPS) is 17.8. The van der Waals surface area contributed by atoms with E-state index in [2.05, 4.69) is 0 Å². The molecule has 1 aliphatic rings. The summed E-state index contributed by atoms with van der Waals surface area (Å²) in [5, 5.41) is 11.1. The second-order valence-electron chi connectivity index (χ2n) is 4.34. The highest BCUT2D eigenvalue weighted by molar-refractivity contribution is 5.85. The zero-order valence-electron chi connectivity index (χ0n) is 9.22. The van der Waals surface area contributed by atoms with Crippen molar-refractivity contribution in [2.24, 2.45) is 0 Å². The summed E-state index contributed by atoms with van der Waals surface area (Å²) in [5.41, 5.74) is 1.02. The van der Waals surface area contributed by atoms with Crippen molar-refractivity contribution in [1.82, 2.24) is 0 Å². The minimum absolute atomic E-state index is 0.0212. The molecule has 0 saturated carbocycles. The average molecular weight is 228 g/mol. The summed E-state index contributed by atoms with van der Waals surface area (Å²) in [7, 11) is 0. The smallest absolute Gasteiger partial charge is 0.304 e. The third kappa shape index (κ3) is 1.73. The number of carbonyl (C=O) groups is 1. The Balaban J connectivity index is 2.08. The fourth-order valence-corrected chi connectivity index (χ4v) is 2.34. The summed E-state index contributed by atoms with van der Waals surface area (Å²) in [6.45, 7) is 0.470. The van der Waals surface area contributed by atoms with E-state index in [0.29, 0.717) is 6.61 Å². The fourth-order valence-electron chi connectivity index (χ4n) is 2.34. The van der Waals surface area contributed by atoms with E-state index in [0.717, 1.165) is 22.1 Å². The van der Waals surface area contributed by atoms with Gasteiger partial charge in [0.1, 0.15) is 5.75 Å². The molecule has 3 rings (SSSR count). The quantitative estimate of drug-likeness (QED) is 0.859. The highest BCUT2D eigenvalue weighted by atomic mass is 16.5. The number of fused-ring (bicyclic) bond motifs is 2. The van der Waals surface area contributed by atoms with Gasteiger partial charge >= 0.3 is 5.97 Å². The third-order valence-electron chi connectivity index (χ3n) is 3.18. The minimum Gasteiger partial charge on any atom is -0.493 e. The van der Waals surface area contributed by atoms with Crippen molar-refractivity contribution in [2.45, 2.75) is 12.3 Å². The van der Waals surface area contributed by atoms with Crippen LogP contribution in [-0.2, 0) is 4.79 Å². The Labute approximate surface area is 98.6 Å². The van der Waals surface area contributed by atoms with E-state index in [4.69, 9.17) is 9.84 Å². The van der Waals surface area contributed by atoms with Crippen LogP contribution in [0.4, 0.5) is 0 Å². The van der Waals surface area contributed by atoms with Gasteiger partial charge in [-0.25, -0.2) is 0 Å². The Morgan fingerprint density at radius 2 is 2.00 bits per heavy atom. The van der Waals surface area contributed by atoms with Gasteiger partial charge in [-0.2, -0.15) is 0 Å². The summed E-state index contributed by atoms with van der Waals surface area (Å²) < 4.78 is 5.56. The van der Waals surface area contributed by atoms with Gasteiger partial charge in [-0.05, 0) is 22.9 Å². The van der Waals surface area contributed by atoms with Crippen molar-refractivity contribution < 1.29 is 14.6 Å². The number of ether oxygens (including phenoxy) is 1. The Morgan fingerprint density at radius 3 is 2.71 bits per heavy atom. The predicted molar refractivity (Wildman–Crippen MR) is 64.4 cm³/mol. The lowest BCUT2D eigenvalue weighted by molar-refractivity contribution is -0.137. The summed E-state index contributed by atoms with van der Waals surface area (Å²) in [4.78, 5) is 10.8. The maximum absolute atomic E-state index is 10.8. The molecule has 0 bridgehead atoms. The van der Waals surface area contributed by atoms with Crippen molar-refractivity contribution >= 4 is 16.7 Å². The molecule has 86 valence electrons. The van der Waals surface area contributed by atoms with Gasteiger partial charge < -0.3 is 9.84 Å². The topological polar surface area (TPSA) is 46.5 Å². The van der Waals surface area contributed by atoms with E-state index in [-0.39, 0.29) is 12.3 Å². The summed E-state index contributed by atoms with van der Waals surface area (Å²) in [6.07, 6.45) is 0.130. The molecular formula is C14H12O3. The molecule has 17 heavy (non-hydrogen) atoms. The molecule has 0 saturated heterocycles. The molecule has 0 aromatic heterocycles. The number of carboxylic acids is 1. The van der Waals surface area contributed by atoms with Gasteiger partial charge in [0.25, 0.3) is 0 Å². The molecule has 0 unspecified atom stereocenters. The van der Waals surface area contributed by atoms with Crippen LogP contribution in [0.25, 0.3) is 10.8 Å². The lowest BCUT2D eigenvalue weighted by atomic mass is 9.95. The molecule has 0 aliphatic carbocycles. The highest BCUT2D eigenvalue weighted by Crippen LogP contribution is 2.38. The molecule has 0 spiro atoms. The molecule has 2 aromatic rings. The second kappa shape index (κ2) is 3.77. The van der Waals surface area contributed by atoms with Crippen LogP contribution in [0.2, 0.25) is 0 Å². The van der Waals surface area contributed by atoms with Crippen LogP contribution >= 0.6 is 0 Å². The number of aliphatic carboxylic acids is 1. The number of carboxylic acid groups (broad SMARTS) is 1. The maximum atomic E-state index is 10.8. The summed E-state index contributed by atoms with van der Waals surface area (Å²) in [6, 6.07) is 12.1.